The van der Waals surface area contributed by atoms with Gasteiger partial charge in [-0.15, -0.1) is 0 Å². The second-order valence-corrected chi connectivity index (χ2v) is 4.76. The van der Waals surface area contributed by atoms with Gasteiger partial charge in [0.2, 0.25) is 0 Å². The van der Waals surface area contributed by atoms with E-state index in [1.165, 1.54) is 38.5 Å². The average molecular weight is 285 g/mol. The van der Waals surface area contributed by atoms with E-state index in [0.717, 1.165) is 17.7 Å². The number of benzene rings is 1. The molecule has 0 bridgehead atoms. The van der Waals surface area contributed by atoms with Crippen molar-refractivity contribution in [2.24, 2.45) is 0 Å². The van der Waals surface area contributed by atoms with Gasteiger partial charge in [0.15, 0.2) is 0 Å². The first-order chi connectivity index (χ1) is 7.93. The molecule has 0 aliphatic heterocycles. The van der Waals surface area contributed by atoms with Gasteiger partial charge < -0.3 is 4.74 Å². The van der Waals surface area contributed by atoms with Crippen LogP contribution in [0.15, 0.2) is 30.3 Å². The van der Waals surface area contributed by atoms with Crippen LogP contribution in [0.4, 0.5) is 0 Å². The predicted octanol–water partition coefficient (Wildman–Crippen LogP) is 4.80. The highest BCUT2D eigenvalue weighted by atomic mass is 79.9. The predicted molar refractivity (Wildman–Crippen MR) is 73.4 cm³/mol. The van der Waals surface area contributed by atoms with Crippen LogP contribution in [-0.4, -0.2) is 11.9 Å². The largest absolute Gasteiger partial charge is 0.494 e. The summed E-state index contributed by atoms with van der Waals surface area (Å²) in [6.45, 7) is 0.850. The van der Waals surface area contributed by atoms with Crippen LogP contribution in [0.25, 0.3) is 0 Å². The van der Waals surface area contributed by atoms with Crippen LogP contribution >= 0.6 is 15.9 Å². The molecule has 0 unspecified atom stereocenters. The lowest BCUT2D eigenvalue weighted by Crippen LogP contribution is -1.96. The minimum Gasteiger partial charge on any atom is -0.494 e. The number of ether oxygens (including phenoxy) is 1. The summed E-state index contributed by atoms with van der Waals surface area (Å²) in [7, 11) is 0. The van der Waals surface area contributed by atoms with Crippen molar-refractivity contribution in [3.63, 3.8) is 0 Å². The lowest BCUT2D eigenvalue weighted by atomic mass is 10.1. The monoisotopic (exact) mass is 284 g/mol. The summed E-state index contributed by atoms with van der Waals surface area (Å²) in [5, 5.41) is 1.14. The van der Waals surface area contributed by atoms with E-state index < -0.39 is 0 Å². The number of alkyl halides is 1. The molecule has 1 aromatic rings. The third kappa shape index (κ3) is 6.89. The fraction of sp³-hybridized carbons (Fsp3) is 0.571. The standard InChI is InChI=1S/C14H21BrO/c15-12-8-3-1-2-4-9-13-16-14-10-6-5-7-11-14/h5-7,10-11H,1-4,8-9,12-13H2. The maximum Gasteiger partial charge on any atom is 0.119 e. The summed E-state index contributed by atoms with van der Waals surface area (Å²) < 4.78 is 5.63. The van der Waals surface area contributed by atoms with Crippen LogP contribution in [0.5, 0.6) is 5.75 Å². The Morgan fingerprint density at radius 1 is 0.812 bits per heavy atom. The highest BCUT2D eigenvalue weighted by Gasteiger charge is 1.93. The SMILES string of the molecule is BrCCCCCCCCOc1ccccc1. The Bertz CT molecular complexity index is 248. The molecule has 0 radical (unpaired) electrons. The third-order valence-electron chi connectivity index (χ3n) is 2.54. The van der Waals surface area contributed by atoms with E-state index in [1.807, 2.05) is 30.3 Å². The van der Waals surface area contributed by atoms with Crippen molar-refractivity contribution in [1.29, 1.82) is 0 Å². The highest BCUT2D eigenvalue weighted by Crippen LogP contribution is 2.10. The van der Waals surface area contributed by atoms with Gasteiger partial charge in [0, 0.05) is 5.33 Å². The molecular formula is C14H21BrO. The van der Waals surface area contributed by atoms with Crippen molar-refractivity contribution in [3.05, 3.63) is 30.3 Å². The lowest BCUT2D eigenvalue weighted by Gasteiger charge is -2.05. The van der Waals surface area contributed by atoms with Gasteiger partial charge in [0.25, 0.3) is 0 Å². The summed E-state index contributed by atoms with van der Waals surface area (Å²) in [6.07, 6.45) is 7.81. The molecule has 0 atom stereocenters. The minimum atomic E-state index is 0.850. The van der Waals surface area contributed by atoms with Gasteiger partial charge >= 0.3 is 0 Å². The summed E-state index contributed by atoms with van der Waals surface area (Å²) in [5.41, 5.74) is 0. The van der Waals surface area contributed by atoms with Crippen molar-refractivity contribution in [2.45, 2.75) is 38.5 Å². The maximum atomic E-state index is 5.63. The van der Waals surface area contributed by atoms with E-state index in [2.05, 4.69) is 15.9 Å². The topological polar surface area (TPSA) is 9.23 Å². The maximum absolute atomic E-state index is 5.63. The Hall–Kier alpha value is -0.500. The molecule has 0 aliphatic rings. The van der Waals surface area contributed by atoms with Crippen molar-refractivity contribution in [1.82, 2.24) is 0 Å². The first-order valence-corrected chi connectivity index (χ1v) is 7.29. The van der Waals surface area contributed by atoms with Crippen molar-refractivity contribution < 1.29 is 4.74 Å². The molecule has 0 saturated carbocycles. The van der Waals surface area contributed by atoms with Crippen molar-refractivity contribution >= 4 is 15.9 Å². The van der Waals surface area contributed by atoms with Gasteiger partial charge in [-0.25, -0.2) is 0 Å². The highest BCUT2D eigenvalue weighted by molar-refractivity contribution is 9.09. The molecule has 0 amide bonds. The van der Waals surface area contributed by atoms with E-state index >= 15 is 0 Å². The molecule has 2 heteroatoms. The Morgan fingerprint density at radius 3 is 2.12 bits per heavy atom. The number of para-hydroxylation sites is 1. The molecule has 0 N–H and O–H groups in total. The molecule has 1 rings (SSSR count). The first kappa shape index (κ1) is 13.6. The van der Waals surface area contributed by atoms with E-state index in [-0.39, 0.29) is 0 Å². The molecule has 1 nitrogen and oxygen atoms in total. The van der Waals surface area contributed by atoms with Crippen LogP contribution in [0, 0.1) is 0 Å². The van der Waals surface area contributed by atoms with E-state index in [1.54, 1.807) is 0 Å². The molecular weight excluding hydrogens is 264 g/mol. The quantitative estimate of drug-likeness (QED) is 0.467. The zero-order valence-electron chi connectivity index (χ0n) is 9.83. The summed E-state index contributed by atoms with van der Waals surface area (Å²) in [5.74, 6) is 0.988. The molecule has 0 aromatic heterocycles. The number of hydrogen-bond donors (Lipinski definition) is 0. The summed E-state index contributed by atoms with van der Waals surface area (Å²) in [6, 6.07) is 10.0. The van der Waals surface area contributed by atoms with E-state index in [4.69, 9.17) is 4.74 Å². The Labute approximate surface area is 107 Å². The second-order valence-electron chi connectivity index (χ2n) is 3.97. The molecule has 0 spiro atoms. The van der Waals surface area contributed by atoms with Gasteiger partial charge in [0.05, 0.1) is 6.61 Å². The zero-order valence-corrected chi connectivity index (χ0v) is 11.4. The molecule has 90 valence electrons. The average Bonchev–Trinajstić information content (AvgIpc) is 2.34. The van der Waals surface area contributed by atoms with Gasteiger partial charge in [-0.2, -0.15) is 0 Å². The number of hydrogen-bond acceptors (Lipinski definition) is 1. The molecule has 0 fully saturated rings. The Kier molecular flexibility index (Phi) is 8.23. The fourth-order valence-electron chi connectivity index (χ4n) is 1.61. The van der Waals surface area contributed by atoms with Gasteiger partial charge in [0.1, 0.15) is 5.75 Å². The third-order valence-corrected chi connectivity index (χ3v) is 3.10. The Balaban J connectivity index is 1.89. The number of unbranched alkanes of at least 4 members (excludes halogenated alkanes) is 5. The first-order valence-electron chi connectivity index (χ1n) is 6.17. The van der Waals surface area contributed by atoms with Gasteiger partial charge in [-0.3, -0.25) is 0 Å². The number of rotatable bonds is 9. The molecule has 16 heavy (non-hydrogen) atoms. The number of halogens is 1. The smallest absolute Gasteiger partial charge is 0.119 e. The molecule has 0 saturated heterocycles. The van der Waals surface area contributed by atoms with Crippen LogP contribution in [0.3, 0.4) is 0 Å². The van der Waals surface area contributed by atoms with Crippen molar-refractivity contribution in [2.75, 3.05) is 11.9 Å². The Morgan fingerprint density at radius 2 is 1.44 bits per heavy atom. The van der Waals surface area contributed by atoms with Crippen LogP contribution < -0.4 is 4.74 Å². The van der Waals surface area contributed by atoms with Crippen LogP contribution in [0.1, 0.15) is 38.5 Å². The summed E-state index contributed by atoms with van der Waals surface area (Å²) >= 11 is 3.45. The van der Waals surface area contributed by atoms with E-state index in [9.17, 15) is 0 Å². The second kappa shape index (κ2) is 9.71. The van der Waals surface area contributed by atoms with Crippen molar-refractivity contribution in [3.8, 4) is 5.75 Å². The fourth-order valence-corrected chi connectivity index (χ4v) is 2.01. The molecule has 1 aromatic carbocycles. The van der Waals surface area contributed by atoms with Gasteiger partial charge in [-0.05, 0) is 25.0 Å². The van der Waals surface area contributed by atoms with Crippen LogP contribution in [0.2, 0.25) is 0 Å². The molecule has 0 aliphatic carbocycles. The molecule has 0 heterocycles. The summed E-state index contributed by atoms with van der Waals surface area (Å²) in [4.78, 5) is 0. The minimum absolute atomic E-state index is 0.850. The lowest BCUT2D eigenvalue weighted by molar-refractivity contribution is 0.304. The normalized spacial score (nSPS) is 10.3. The van der Waals surface area contributed by atoms with E-state index in [0.29, 0.717) is 0 Å². The zero-order chi connectivity index (χ0) is 11.5. The van der Waals surface area contributed by atoms with Crippen LogP contribution in [-0.2, 0) is 0 Å². The van der Waals surface area contributed by atoms with Gasteiger partial charge in [-0.1, -0.05) is 59.8 Å².